The van der Waals surface area contributed by atoms with Crippen LogP contribution in [0.1, 0.15) is 61.1 Å². The van der Waals surface area contributed by atoms with Gasteiger partial charge in [0.25, 0.3) is 0 Å². The Morgan fingerprint density at radius 1 is 0.628 bits per heavy atom. The molecule has 14 nitrogen and oxygen atoms in total. The van der Waals surface area contributed by atoms with E-state index in [0.717, 1.165) is 50.2 Å². The van der Waals surface area contributed by atoms with E-state index in [1.54, 1.807) is 13.0 Å². The Kier molecular flexibility index (Phi) is 20.0. The molecule has 0 spiro atoms. The summed E-state index contributed by atoms with van der Waals surface area (Å²) in [5, 5.41) is 15.3. The van der Waals surface area contributed by atoms with Crippen LogP contribution in [0.3, 0.4) is 0 Å². The summed E-state index contributed by atoms with van der Waals surface area (Å²) in [6.07, 6.45) is -11.5. The maximum Gasteiger partial charge on any atom is 2.00 e. The van der Waals surface area contributed by atoms with E-state index in [2.05, 4.69) is 39.9 Å². The van der Waals surface area contributed by atoms with Crippen LogP contribution in [-0.2, 0) is 49.4 Å². The molecule has 0 bridgehead atoms. The average molecular weight is 1250 g/mol. The van der Waals surface area contributed by atoms with Crippen LogP contribution >= 0.6 is 22.7 Å². The second kappa shape index (κ2) is 24.0. The SMILES string of the molecule is CCc1cc(N=Nc2nc3c(C)c(C)c(C)c(C)c3s2)c([N-]S(=O)(=O)C(F)(F)F)c(CC)c1N(CC)CC.O=S(=O)([N-]c1cc(N(CC(F)(F)F)C(F)(F)C(F)(F)F)ccc1N=Nc1nc2ccc(F)cc2s1)C(F)(F)F.[Ni+2]. The molecule has 0 amide bonds. The third-order valence-corrected chi connectivity index (χ3v) is 15.4. The Balaban J connectivity index is 0.000000332. The molecule has 6 aromatic rings. The number of nitrogens with zero attached hydrogens (tertiary/aromatic N) is 10. The maximum absolute atomic E-state index is 14.0. The third kappa shape index (κ3) is 14.2. The number of halogens is 15. The van der Waals surface area contributed by atoms with Crippen molar-refractivity contribution in [2.75, 3.05) is 29.4 Å². The van der Waals surface area contributed by atoms with Crippen LogP contribution in [0.2, 0.25) is 0 Å². The second-order valence-corrected chi connectivity index (χ2v) is 21.4. The number of benzene rings is 4. The number of sulfonamides is 2. The minimum Gasteiger partial charge on any atom is -0.568 e. The Labute approximate surface area is 453 Å². The molecule has 0 aliphatic carbocycles. The van der Waals surface area contributed by atoms with Gasteiger partial charge in [0, 0.05) is 24.5 Å². The Morgan fingerprint density at radius 3 is 1.71 bits per heavy atom. The molecule has 4 aromatic carbocycles. The normalized spacial score (nSPS) is 13.1. The number of fused-ring (bicyclic) bond motifs is 2. The van der Waals surface area contributed by atoms with Gasteiger partial charge in [0.1, 0.15) is 12.4 Å². The van der Waals surface area contributed by atoms with Crippen LogP contribution in [0.4, 0.5) is 110 Å². The van der Waals surface area contributed by atoms with Gasteiger partial charge in [0.2, 0.25) is 10.3 Å². The van der Waals surface area contributed by atoms with Crippen LogP contribution in [0.15, 0.2) is 62.9 Å². The Morgan fingerprint density at radius 2 is 1.18 bits per heavy atom. The molecule has 34 heteroatoms. The summed E-state index contributed by atoms with van der Waals surface area (Å²) in [7, 11) is -12.3. The summed E-state index contributed by atoms with van der Waals surface area (Å²) in [6, 6.07) is -1.10. The van der Waals surface area contributed by atoms with E-state index in [-0.39, 0.29) is 61.8 Å². The van der Waals surface area contributed by atoms with Gasteiger partial charge in [-0.3, -0.25) is 4.90 Å². The van der Waals surface area contributed by atoms with E-state index in [1.807, 2.05) is 53.4 Å². The van der Waals surface area contributed by atoms with Crippen molar-refractivity contribution in [3.8, 4) is 0 Å². The number of hydrogen-bond donors (Lipinski definition) is 0. The van der Waals surface area contributed by atoms with Crippen LogP contribution in [0.5, 0.6) is 0 Å². The monoisotopic (exact) mass is 1240 g/mol. The van der Waals surface area contributed by atoms with E-state index in [4.69, 9.17) is 0 Å². The number of aryl methyl sites for hydroxylation is 3. The summed E-state index contributed by atoms with van der Waals surface area (Å²) in [5.41, 5.74) is -9.03. The number of alkyl halides is 14. The molecule has 0 aliphatic heterocycles. The second-order valence-electron chi connectivity index (χ2n) is 16.2. The molecule has 6 rings (SSSR count). The molecule has 0 radical (unpaired) electrons. The molecule has 78 heavy (non-hydrogen) atoms. The number of rotatable bonds is 16. The zero-order valence-electron chi connectivity index (χ0n) is 41.3. The van der Waals surface area contributed by atoms with Gasteiger partial charge in [0.15, 0.2) is 20.0 Å². The predicted molar refractivity (Wildman–Crippen MR) is 262 cm³/mol. The molecule has 430 valence electrons. The summed E-state index contributed by atoms with van der Waals surface area (Å²) in [4.78, 5) is 8.92. The number of hydrogen-bond acceptors (Lipinski definition) is 14. The zero-order valence-corrected chi connectivity index (χ0v) is 45.6. The predicted octanol–water partition coefficient (Wildman–Crippen LogP) is 17.0. The molecule has 0 N–H and O–H groups in total. The van der Waals surface area contributed by atoms with E-state index in [0.29, 0.717) is 53.3 Å². The van der Waals surface area contributed by atoms with Crippen molar-refractivity contribution in [1.82, 2.24) is 9.97 Å². The Bertz CT molecular complexity index is 3410. The minimum atomic E-state index is -6.60. The minimum absolute atomic E-state index is 0. The van der Waals surface area contributed by atoms with E-state index in [9.17, 15) is 82.7 Å². The molecule has 0 fully saturated rings. The van der Waals surface area contributed by atoms with Crippen LogP contribution in [0.25, 0.3) is 29.9 Å². The molecule has 2 heterocycles. The van der Waals surface area contributed by atoms with Crippen molar-refractivity contribution in [1.29, 1.82) is 0 Å². The summed E-state index contributed by atoms with van der Waals surface area (Å²) in [6.45, 7) is 13.8. The van der Waals surface area contributed by atoms with Crippen molar-refractivity contribution in [3.05, 3.63) is 91.1 Å². The van der Waals surface area contributed by atoms with Gasteiger partial charge >= 0.3 is 45.9 Å². The molecule has 0 saturated heterocycles. The van der Waals surface area contributed by atoms with Crippen LogP contribution in [0, 0.1) is 33.5 Å². The number of aromatic nitrogens is 2. The fourth-order valence-electron chi connectivity index (χ4n) is 7.25. The fraction of sp³-hybridized carbons (Fsp3) is 0.409. The molecule has 0 unspecified atom stereocenters. The average Bonchev–Trinajstić information content (AvgIpc) is 3.94. The van der Waals surface area contributed by atoms with Gasteiger partial charge < -0.3 is 14.3 Å². The van der Waals surface area contributed by atoms with E-state index in [1.165, 1.54) is 17.4 Å². The first kappa shape index (κ1) is 64.9. The van der Waals surface area contributed by atoms with Crippen LogP contribution in [-0.4, -0.2) is 75.9 Å². The van der Waals surface area contributed by atoms with Gasteiger partial charge in [-0.2, -0.15) is 61.5 Å². The Hall–Kier alpha value is -5.60. The molecule has 0 saturated carbocycles. The molecular weight excluding hydrogens is 1200 g/mol. The van der Waals surface area contributed by atoms with Gasteiger partial charge in [0.05, 0.1) is 31.8 Å². The number of azo groups is 2. The standard InChI is InChI=1S/C26H33F3N5O2S2.C18H8F12N5O2S2.Ni/c1-9-18-13-20(31-32-25-30-21-16(7)14(5)15(6)17(8)24(21)37-25)22(33-38(35,36)26(27,28)29)19(10-2)23(18)34(11-3)12-4;19-8-1-3-11-13(5-8)38-14(31-11)33-32-10-4-2-9(6-12(10)34-39(36,37)18(28,29)30)35(7-15(20,21)22)17(26,27)16(23,24)25;/h13H,9-12H2,1-8H3;1-6H,7H2;/q2*-1;+2. The van der Waals surface area contributed by atoms with Crippen molar-refractivity contribution in [2.45, 2.75) is 97.6 Å². The fourth-order valence-corrected chi connectivity index (χ4v) is 10.1. The zero-order chi connectivity index (χ0) is 58.2. The van der Waals surface area contributed by atoms with Gasteiger partial charge in [-0.05, 0) is 124 Å². The molecule has 0 aliphatic rings. The number of thiazole rings is 2. The van der Waals surface area contributed by atoms with Crippen molar-refractivity contribution >= 4 is 108 Å². The van der Waals surface area contributed by atoms with E-state index < -0.39 is 83.8 Å². The molecule has 0 atom stereocenters. The number of anilines is 2. The third-order valence-electron chi connectivity index (χ3n) is 11.4. The first-order valence-corrected chi connectivity index (χ1v) is 26.6. The van der Waals surface area contributed by atoms with Gasteiger partial charge in [-0.15, -0.1) is 20.5 Å². The molecule has 2 aromatic heterocycles. The van der Waals surface area contributed by atoms with Crippen molar-refractivity contribution in [3.63, 3.8) is 0 Å². The molecular formula is C44H41F15N10NiO4S4. The van der Waals surface area contributed by atoms with Crippen LogP contribution < -0.4 is 9.80 Å². The largest absolute Gasteiger partial charge is 2.00 e. The first-order valence-electron chi connectivity index (χ1n) is 22.0. The van der Waals surface area contributed by atoms with E-state index >= 15 is 0 Å². The van der Waals surface area contributed by atoms with Crippen molar-refractivity contribution < 1.29 is 99.2 Å². The topological polar surface area (TPSA) is 178 Å². The van der Waals surface area contributed by atoms with Crippen molar-refractivity contribution in [2.24, 2.45) is 20.5 Å². The first-order chi connectivity index (χ1) is 35.3. The van der Waals surface area contributed by atoms with Gasteiger partial charge in [-0.1, -0.05) is 54.0 Å². The summed E-state index contributed by atoms with van der Waals surface area (Å²) in [5.74, 6) is -0.678. The summed E-state index contributed by atoms with van der Waals surface area (Å²) >= 11 is 2.01. The maximum atomic E-state index is 14.0. The quantitative estimate of drug-likeness (QED) is 0.0398. The summed E-state index contributed by atoms with van der Waals surface area (Å²) < 4.78 is 251. The van der Waals surface area contributed by atoms with Gasteiger partial charge in [-0.25, -0.2) is 31.2 Å². The smallest absolute Gasteiger partial charge is 0.568 e.